The van der Waals surface area contributed by atoms with Gasteiger partial charge in [0.1, 0.15) is 22.7 Å². The van der Waals surface area contributed by atoms with Crippen LogP contribution in [0.1, 0.15) is 31.7 Å². The quantitative estimate of drug-likeness (QED) is 0.819. The molecule has 0 unspecified atom stereocenters. The fourth-order valence-corrected chi connectivity index (χ4v) is 3.85. The van der Waals surface area contributed by atoms with Crippen molar-refractivity contribution in [1.29, 1.82) is 5.26 Å². The molecule has 1 N–H and O–H groups in total. The van der Waals surface area contributed by atoms with Crippen molar-refractivity contribution in [2.24, 2.45) is 0 Å². The maximum atomic E-state index is 9.20. The van der Waals surface area contributed by atoms with Crippen LogP contribution >= 0.6 is 23.1 Å². The van der Waals surface area contributed by atoms with E-state index >= 15 is 0 Å². The molecular weight excluding hydrogens is 346 g/mol. The first-order valence-electron chi connectivity index (χ1n) is 7.93. The molecule has 1 heterocycles. The summed E-state index contributed by atoms with van der Waals surface area (Å²) < 4.78 is 15.9. The molecule has 126 valence electrons. The lowest BCUT2D eigenvalue weighted by Gasteiger charge is -2.23. The summed E-state index contributed by atoms with van der Waals surface area (Å²) in [5, 5.41) is 13.6. The van der Waals surface area contributed by atoms with Gasteiger partial charge in [0.25, 0.3) is 0 Å². The zero-order chi connectivity index (χ0) is 16.9. The van der Waals surface area contributed by atoms with Crippen molar-refractivity contribution in [2.45, 2.75) is 38.3 Å². The number of ether oxygens (including phenoxy) is 2. The van der Waals surface area contributed by atoms with Crippen molar-refractivity contribution in [3.63, 3.8) is 0 Å². The van der Waals surface area contributed by atoms with Crippen LogP contribution in [0.4, 0.5) is 5.00 Å². The topological polar surface area (TPSA) is 67.2 Å². The van der Waals surface area contributed by atoms with Gasteiger partial charge in [0, 0.05) is 0 Å². The highest BCUT2D eigenvalue weighted by Crippen LogP contribution is 2.35. The Morgan fingerprint density at radius 1 is 1.38 bits per heavy atom. The van der Waals surface area contributed by atoms with Crippen LogP contribution in [-0.2, 0) is 0 Å². The summed E-state index contributed by atoms with van der Waals surface area (Å²) in [4.78, 5) is 0. The monoisotopic (exact) mass is 363 g/mol. The number of para-hydroxylation sites is 2. The van der Waals surface area contributed by atoms with Gasteiger partial charge in [0.15, 0.2) is 16.7 Å². The van der Waals surface area contributed by atoms with E-state index in [-0.39, 0.29) is 17.3 Å². The smallest absolute Gasteiger partial charge is 0.162 e. The summed E-state index contributed by atoms with van der Waals surface area (Å²) in [6.45, 7) is 2.55. The molecule has 1 aromatic carbocycles. The molecule has 1 saturated carbocycles. The number of nitrogens with zero attached hydrogens (tertiary/aromatic N) is 2. The van der Waals surface area contributed by atoms with Gasteiger partial charge in [0.05, 0.1) is 12.6 Å². The number of aromatic nitrogens is 1. The molecule has 7 heteroatoms. The molecule has 1 aromatic heterocycles. The third-order valence-electron chi connectivity index (χ3n) is 3.96. The van der Waals surface area contributed by atoms with Gasteiger partial charge in [-0.2, -0.15) is 9.64 Å². The summed E-state index contributed by atoms with van der Waals surface area (Å²) in [5.74, 6) is 1.50. The molecule has 1 aliphatic carbocycles. The molecule has 0 saturated heterocycles. The maximum Gasteiger partial charge on any atom is 0.162 e. The zero-order valence-corrected chi connectivity index (χ0v) is 14.9. The Morgan fingerprint density at radius 2 is 2.17 bits per heavy atom. The first-order chi connectivity index (χ1) is 11.7. The Kier molecular flexibility index (Phi) is 5.44. The highest BCUT2D eigenvalue weighted by Gasteiger charge is 2.31. The average Bonchev–Trinajstić information content (AvgIpc) is 3.16. The average molecular weight is 364 g/mol. The Morgan fingerprint density at radius 3 is 2.92 bits per heavy atom. The minimum atomic E-state index is 0.0130. The highest BCUT2D eigenvalue weighted by atomic mass is 35.5. The fourth-order valence-electron chi connectivity index (χ4n) is 2.85. The Balaban J connectivity index is 1.73. The van der Waals surface area contributed by atoms with Crippen molar-refractivity contribution < 1.29 is 9.47 Å². The number of hydrogen-bond acceptors (Lipinski definition) is 6. The van der Waals surface area contributed by atoms with E-state index in [0.29, 0.717) is 17.2 Å². The summed E-state index contributed by atoms with van der Waals surface area (Å²) in [5.41, 5.74) is 0.405. The Hall–Kier alpha value is -1.97. The second-order valence-electron chi connectivity index (χ2n) is 5.51. The van der Waals surface area contributed by atoms with Crippen molar-refractivity contribution in [1.82, 2.24) is 4.37 Å². The predicted octanol–water partition coefficient (Wildman–Crippen LogP) is 4.48. The molecule has 5 nitrogen and oxygen atoms in total. The van der Waals surface area contributed by atoms with E-state index in [9.17, 15) is 5.26 Å². The van der Waals surface area contributed by atoms with Gasteiger partial charge in [-0.05, 0) is 49.9 Å². The van der Waals surface area contributed by atoms with E-state index in [4.69, 9.17) is 21.1 Å². The van der Waals surface area contributed by atoms with Gasteiger partial charge >= 0.3 is 0 Å². The van der Waals surface area contributed by atoms with Gasteiger partial charge in [0.2, 0.25) is 0 Å². The van der Waals surface area contributed by atoms with E-state index in [1.165, 1.54) is 11.5 Å². The number of rotatable bonds is 6. The lowest BCUT2D eigenvalue weighted by atomic mass is 10.2. The lowest BCUT2D eigenvalue weighted by molar-refractivity contribution is 0.187. The van der Waals surface area contributed by atoms with E-state index in [1.807, 2.05) is 31.2 Å². The molecule has 1 fully saturated rings. The Bertz CT molecular complexity index is 744. The van der Waals surface area contributed by atoms with Gasteiger partial charge in [-0.15, -0.1) is 0 Å². The third kappa shape index (κ3) is 3.58. The van der Waals surface area contributed by atoms with E-state index in [2.05, 4.69) is 15.8 Å². The first kappa shape index (κ1) is 16.9. The fraction of sp³-hybridized carbons (Fsp3) is 0.412. The van der Waals surface area contributed by atoms with Gasteiger partial charge in [-0.1, -0.05) is 23.7 Å². The summed E-state index contributed by atoms with van der Waals surface area (Å²) >= 11 is 7.15. The predicted molar refractivity (Wildman–Crippen MR) is 95.1 cm³/mol. The minimum absolute atomic E-state index is 0.0130. The molecule has 0 amide bonds. The highest BCUT2D eigenvalue weighted by molar-refractivity contribution is 7.10. The summed E-state index contributed by atoms with van der Waals surface area (Å²) in [7, 11) is 0. The van der Waals surface area contributed by atoms with Crippen LogP contribution in [0.5, 0.6) is 11.5 Å². The van der Waals surface area contributed by atoms with Gasteiger partial charge in [-0.25, -0.2) is 0 Å². The Labute approximate surface area is 150 Å². The van der Waals surface area contributed by atoms with Gasteiger partial charge in [-0.3, -0.25) is 0 Å². The summed E-state index contributed by atoms with van der Waals surface area (Å²) in [6, 6.07) is 9.91. The molecule has 1 aliphatic rings. The molecular formula is C17H18ClN3O2S. The number of nitrogens with one attached hydrogen (secondary N) is 1. The van der Waals surface area contributed by atoms with E-state index < -0.39 is 0 Å². The molecule has 0 radical (unpaired) electrons. The van der Waals surface area contributed by atoms with Gasteiger partial charge < -0.3 is 14.8 Å². The number of anilines is 1. The van der Waals surface area contributed by atoms with E-state index in [1.54, 1.807) is 0 Å². The summed E-state index contributed by atoms with van der Waals surface area (Å²) in [6.07, 6.45) is 3.00. The molecule has 0 spiro atoms. The molecule has 2 atom stereocenters. The molecule has 2 aromatic rings. The van der Waals surface area contributed by atoms with Crippen LogP contribution < -0.4 is 14.8 Å². The van der Waals surface area contributed by atoms with Crippen LogP contribution in [0.2, 0.25) is 5.15 Å². The van der Waals surface area contributed by atoms with Crippen LogP contribution in [0.25, 0.3) is 0 Å². The molecule has 24 heavy (non-hydrogen) atoms. The number of hydrogen-bond donors (Lipinski definition) is 1. The second-order valence-corrected chi connectivity index (χ2v) is 6.64. The normalized spacial score (nSPS) is 19.7. The van der Waals surface area contributed by atoms with Crippen molar-refractivity contribution in [2.75, 3.05) is 11.9 Å². The molecule has 0 bridgehead atoms. The maximum absolute atomic E-state index is 9.20. The van der Waals surface area contributed by atoms with Crippen LogP contribution in [0.15, 0.2) is 24.3 Å². The molecule has 3 rings (SSSR count). The van der Waals surface area contributed by atoms with Crippen LogP contribution in [0, 0.1) is 11.3 Å². The standard InChI is InChI=1S/C17H18ClN3O2S/c1-2-22-14-7-3-4-8-15(14)23-13-9-5-6-12(13)20-17-11(10-19)16(18)21-24-17/h3-4,7-8,12-13,20H,2,5-6,9H2,1H3/t12-,13-/m1/s1. The van der Waals surface area contributed by atoms with Crippen molar-refractivity contribution in [3.8, 4) is 17.6 Å². The SMILES string of the molecule is CCOc1ccccc1O[C@@H]1CCC[C@H]1Nc1snc(Cl)c1C#N. The number of halogens is 1. The number of nitriles is 1. The third-order valence-corrected chi connectivity index (χ3v) is 5.11. The lowest BCUT2D eigenvalue weighted by Crippen LogP contribution is -2.33. The van der Waals surface area contributed by atoms with E-state index in [0.717, 1.165) is 30.8 Å². The van der Waals surface area contributed by atoms with Crippen molar-refractivity contribution >= 4 is 28.1 Å². The first-order valence-corrected chi connectivity index (χ1v) is 9.08. The number of benzene rings is 1. The second kappa shape index (κ2) is 7.73. The van der Waals surface area contributed by atoms with Crippen LogP contribution in [-0.4, -0.2) is 23.1 Å². The largest absolute Gasteiger partial charge is 0.490 e. The zero-order valence-electron chi connectivity index (χ0n) is 13.3. The van der Waals surface area contributed by atoms with Crippen LogP contribution in [0.3, 0.4) is 0 Å². The molecule has 0 aliphatic heterocycles. The minimum Gasteiger partial charge on any atom is -0.490 e. The van der Waals surface area contributed by atoms with Crippen molar-refractivity contribution in [3.05, 3.63) is 35.0 Å².